The Kier molecular flexibility index (Phi) is 6.73. The fourth-order valence-corrected chi connectivity index (χ4v) is 2.67. The number of aromatic amines is 1. The van der Waals surface area contributed by atoms with Crippen molar-refractivity contribution in [1.29, 1.82) is 0 Å². The lowest BCUT2D eigenvalue weighted by molar-refractivity contribution is 0.0943. The molecule has 30 heavy (non-hydrogen) atoms. The van der Waals surface area contributed by atoms with E-state index in [0.717, 1.165) is 5.56 Å². The molecule has 1 aromatic heterocycles. The molecule has 1 heterocycles. The first kappa shape index (κ1) is 20.5. The molecule has 0 atom stereocenters. The zero-order valence-corrected chi connectivity index (χ0v) is 16.1. The number of nitrogens with zero attached hydrogens (tertiary/aromatic N) is 1. The Labute approximate surface area is 172 Å². The number of ether oxygens (including phenoxy) is 1. The molecule has 3 aromatic rings. The van der Waals surface area contributed by atoms with E-state index in [4.69, 9.17) is 4.74 Å². The minimum absolute atomic E-state index is 0.164. The van der Waals surface area contributed by atoms with Gasteiger partial charge in [-0.25, -0.2) is 4.98 Å². The van der Waals surface area contributed by atoms with Gasteiger partial charge >= 0.3 is 0 Å². The summed E-state index contributed by atoms with van der Waals surface area (Å²) in [5, 5.41) is 5.46. The van der Waals surface area contributed by atoms with E-state index in [0.29, 0.717) is 23.6 Å². The number of nitrogens with one attached hydrogen (secondary N) is 3. The molecule has 0 saturated heterocycles. The standard InChI is InChI=1S/C22H20N4O4/c1-2-12-30-18-9-4-3-8-17(18)20(27)26-16-7-5-6-15(13-16)14-25-22(29)19-21(28)24-11-10-23-19/h2-11,13H,1,12,14H2,(H,24,28)(H,25,29)(H,26,27). The Balaban J connectivity index is 1.67. The van der Waals surface area contributed by atoms with E-state index in [1.54, 1.807) is 54.6 Å². The Morgan fingerprint density at radius 2 is 1.97 bits per heavy atom. The topological polar surface area (TPSA) is 113 Å². The molecule has 152 valence electrons. The largest absolute Gasteiger partial charge is 0.489 e. The molecule has 0 spiro atoms. The maximum atomic E-state index is 12.7. The van der Waals surface area contributed by atoms with Crippen LogP contribution in [-0.2, 0) is 6.54 Å². The number of rotatable bonds is 8. The van der Waals surface area contributed by atoms with Gasteiger partial charge in [0.05, 0.1) is 5.56 Å². The summed E-state index contributed by atoms with van der Waals surface area (Å²) in [6.45, 7) is 4.06. The van der Waals surface area contributed by atoms with E-state index < -0.39 is 11.5 Å². The summed E-state index contributed by atoms with van der Waals surface area (Å²) in [5.74, 6) is -0.450. The molecule has 0 radical (unpaired) electrons. The van der Waals surface area contributed by atoms with E-state index in [1.807, 2.05) is 0 Å². The third kappa shape index (κ3) is 5.20. The van der Waals surface area contributed by atoms with Crippen molar-refractivity contribution in [3.8, 4) is 5.75 Å². The summed E-state index contributed by atoms with van der Waals surface area (Å²) in [6.07, 6.45) is 4.29. The SMILES string of the molecule is C=CCOc1ccccc1C(=O)Nc1cccc(CNC(=O)c2ncc[nH]c2=O)c1. The zero-order chi connectivity index (χ0) is 21.3. The maximum absolute atomic E-state index is 12.7. The highest BCUT2D eigenvalue weighted by Crippen LogP contribution is 2.20. The van der Waals surface area contributed by atoms with Crippen molar-refractivity contribution < 1.29 is 14.3 Å². The van der Waals surface area contributed by atoms with E-state index in [9.17, 15) is 14.4 Å². The van der Waals surface area contributed by atoms with Crippen LogP contribution >= 0.6 is 0 Å². The van der Waals surface area contributed by atoms with Crippen LogP contribution in [0.15, 0.2) is 78.4 Å². The average molecular weight is 404 g/mol. The minimum atomic E-state index is -0.584. The van der Waals surface area contributed by atoms with Crippen LogP contribution in [0.2, 0.25) is 0 Å². The van der Waals surface area contributed by atoms with Crippen LogP contribution in [0.4, 0.5) is 5.69 Å². The summed E-state index contributed by atoms with van der Waals surface area (Å²) in [5.41, 5.74) is 0.921. The lowest BCUT2D eigenvalue weighted by Gasteiger charge is -2.11. The number of hydrogen-bond acceptors (Lipinski definition) is 5. The molecule has 0 fully saturated rings. The van der Waals surface area contributed by atoms with Crippen LogP contribution in [0.3, 0.4) is 0 Å². The van der Waals surface area contributed by atoms with Crippen LogP contribution in [0, 0.1) is 0 Å². The Hall–Kier alpha value is -4.20. The van der Waals surface area contributed by atoms with E-state index in [2.05, 4.69) is 27.2 Å². The van der Waals surface area contributed by atoms with Gasteiger partial charge in [0.15, 0.2) is 5.69 Å². The molecular formula is C22H20N4O4. The van der Waals surface area contributed by atoms with Gasteiger partial charge in [-0.05, 0) is 29.8 Å². The second-order valence-electron chi connectivity index (χ2n) is 6.20. The van der Waals surface area contributed by atoms with Crippen molar-refractivity contribution in [3.05, 3.63) is 101 Å². The molecule has 0 aliphatic heterocycles. The highest BCUT2D eigenvalue weighted by Gasteiger charge is 2.13. The summed E-state index contributed by atoms with van der Waals surface area (Å²) in [4.78, 5) is 42.6. The average Bonchev–Trinajstić information content (AvgIpc) is 2.77. The summed E-state index contributed by atoms with van der Waals surface area (Å²) in [7, 11) is 0. The number of carbonyl (C=O) groups excluding carboxylic acids is 2. The second kappa shape index (κ2) is 9.83. The van der Waals surface area contributed by atoms with Crippen LogP contribution in [0.5, 0.6) is 5.75 Å². The van der Waals surface area contributed by atoms with Crippen LogP contribution in [0.25, 0.3) is 0 Å². The summed E-state index contributed by atoms with van der Waals surface area (Å²) >= 11 is 0. The second-order valence-corrected chi connectivity index (χ2v) is 6.20. The smallest absolute Gasteiger partial charge is 0.279 e. The fourth-order valence-electron chi connectivity index (χ4n) is 2.67. The molecule has 0 saturated carbocycles. The molecule has 3 N–H and O–H groups in total. The first-order chi connectivity index (χ1) is 14.6. The third-order valence-electron chi connectivity index (χ3n) is 4.05. The van der Waals surface area contributed by atoms with Gasteiger partial charge in [-0.3, -0.25) is 14.4 Å². The van der Waals surface area contributed by atoms with E-state index >= 15 is 0 Å². The molecule has 0 unspecified atom stereocenters. The first-order valence-corrected chi connectivity index (χ1v) is 9.13. The van der Waals surface area contributed by atoms with Crippen molar-refractivity contribution in [2.75, 3.05) is 11.9 Å². The van der Waals surface area contributed by atoms with Gasteiger partial charge in [0.25, 0.3) is 17.4 Å². The van der Waals surface area contributed by atoms with Gasteiger partial charge < -0.3 is 20.4 Å². The van der Waals surface area contributed by atoms with Crippen molar-refractivity contribution in [2.24, 2.45) is 0 Å². The zero-order valence-electron chi connectivity index (χ0n) is 16.1. The highest BCUT2D eigenvalue weighted by atomic mass is 16.5. The molecule has 2 aromatic carbocycles. The monoisotopic (exact) mass is 404 g/mol. The maximum Gasteiger partial charge on any atom is 0.279 e. The number of amides is 2. The normalized spacial score (nSPS) is 10.1. The predicted molar refractivity (Wildman–Crippen MR) is 113 cm³/mol. The molecular weight excluding hydrogens is 384 g/mol. The van der Waals surface area contributed by atoms with Crippen molar-refractivity contribution >= 4 is 17.5 Å². The third-order valence-corrected chi connectivity index (χ3v) is 4.05. The number of aromatic nitrogens is 2. The van der Waals surface area contributed by atoms with Crippen molar-refractivity contribution in [2.45, 2.75) is 6.54 Å². The quantitative estimate of drug-likeness (QED) is 0.499. The van der Waals surface area contributed by atoms with E-state index in [1.165, 1.54) is 12.4 Å². The van der Waals surface area contributed by atoms with Crippen LogP contribution < -0.4 is 20.9 Å². The Morgan fingerprint density at radius 3 is 2.77 bits per heavy atom. The number of H-pyrrole nitrogens is 1. The van der Waals surface area contributed by atoms with Gasteiger partial charge in [-0.1, -0.05) is 36.9 Å². The molecule has 0 aliphatic rings. The lowest BCUT2D eigenvalue weighted by atomic mass is 10.1. The molecule has 8 heteroatoms. The molecule has 0 bridgehead atoms. The fraction of sp³-hybridized carbons (Fsp3) is 0.0909. The van der Waals surface area contributed by atoms with Gasteiger partial charge in [-0.15, -0.1) is 0 Å². The predicted octanol–water partition coefficient (Wildman–Crippen LogP) is 2.52. The minimum Gasteiger partial charge on any atom is -0.489 e. The highest BCUT2D eigenvalue weighted by molar-refractivity contribution is 6.06. The van der Waals surface area contributed by atoms with Gasteiger partial charge in [0.1, 0.15) is 12.4 Å². The van der Waals surface area contributed by atoms with Gasteiger partial charge in [0.2, 0.25) is 0 Å². The van der Waals surface area contributed by atoms with Gasteiger partial charge in [-0.2, -0.15) is 0 Å². The summed E-state index contributed by atoms with van der Waals surface area (Å²) < 4.78 is 5.53. The Morgan fingerprint density at radius 1 is 1.13 bits per heavy atom. The molecule has 0 aliphatic carbocycles. The number of carbonyl (C=O) groups is 2. The van der Waals surface area contributed by atoms with Gasteiger partial charge in [0, 0.05) is 24.6 Å². The summed E-state index contributed by atoms with van der Waals surface area (Å²) in [6, 6.07) is 13.9. The van der Waals surface area contributed by atoms with Crippen LogP contribution in [0.1, 0.15) is 26.4 Å². The van der Waals surface area contributed by atoms with Crippen molar-refractivity contribution in [3.63, 3.8) is 0 Å². The van der Waals surface area contributed by atoms with E-state index in [-0.39, 0.29) is 18.1 Å². The number of anilines is 1. The molecule has 3 rings (SSSR count). The Bertz CT molecular complexity index is 1120. The van der Waals surface area contributed by atoms with Crippen molar-refractivity contribution in [1.82, 2.24) is 15.3 Å². The first-order valence-electron chi connectivity index (χ1n) is 9.13. The van der Waals surface area contributed by atoms with Crippen LogP contribution in [-0.4, -0.2) is 28.4 Å². The number of para-hydroxylation sites is 1. The number of hydrogen-bond donors (Lipinski definition) is 3. The molecule has 2 amide bonds. The molecule has 8 nitrogen and oxygen atoms in total. The lowest BCUT2D eigenvalue weighted by Crippen LogP contribution is -2.30. The number of benzene rings is 2.